The first-order chi connectivity index (χ1) is 8.95. The van der Waals surface area contributed by atoms with Gasteiger partial charge < -0.3 is 15.5 Å². The van der Waals surface area contributed by atoms with Crippen molar-refractivity contribution < 1.29 is 24.6 Å². The van der Waals surface area contributed by atoms with E-state index in [0.29, 0.717) is 11.3 Å². The van der Waals surface area contributed by atoms with Crippen molar-refractivity contribution in [1.82, 2.24) is 0 Å². The van der Waals surface area contributed by atoms with Gasteiger partial charge in [0.15, 0.2) is 0 Å². The molecule has 0 spiro atoms. The summed E-state index contributed by atoms with van der Waals surface area (Å²) in [4.78, 5) is 33.7. The number of hydrogen-bond acceptors (Lipinski definition) is 3. The first kappa shape index (κ1) is 11.7. The van der Waals surface area contributed by atoms with Gasteiger partial charge in [-0.15, -0.1) is 0 Å². The molecule has 6 nitrogen and oxygen atoms in total. The van der Waals surface area contributed by atoms with Gasteiger partial charge in [0, 0.05) is 5.69 Å². The molecule has 1 saturated carbocycles. The van der Waals surface area contributed by atoms with Crippen molar-refractivity contribution in [2.45, 2.75) is 18.3 Å². The fraction of sp³-hybridized carbons (Fsp3) is 0.308. The Morgan fingerprint density at radius 3 is 2.63 bits per heavy atom. The molecule has 3 N–H and O–H groups in total. The molecule has 1 aromatic carbocycles. The van der Waals surface area contributed by atoms with Crippen molar-refractivity contribution in [3.63, 3.8) is 0 Å². The molecule has 1 fully saturated rings. The predicted octanol–water partition coefficient (Wildman–Crippen LogP) is 0.608. The van der Waals surface area contributed by atoms with Crippen molar-refractivity contribution in [2.24, 2.45) is 5.92 Å². The summed E-state index contributed by atoms with van der Waals surface area (Å²) in [6.45, 7) is 0. The third kappa shape index (κ3) is 1.53. The molecule has 1 heterocycles. The van der Waals surface area contributed by atoms with Crippen LogP contribution in [-0.2, 0) is 26.2 Å². The summed E-state index contributed by atoms with van der Waals surface area (Å²) >= 11 is 0. The third-order valence-electron chi connectivity index (χ3n) is 3.89. The molecule has 19 heavy (non-hydrogen) atoms. The molecular formula is C13H11NO5. The summed E-state index contributed by atoms with van der Waals surface area (Å²) in [5, 5.41) is 21.0. The lowest BCUT2D eigenvalue weighted by molar-refractivity contribution is -0.145. The first-order valence-corrected chi connectivity index (χ1v) is 5.84. The van der Waals surface area contributed by atoms with Crippen molar-refractivity contribution in [1.29, 1.82) is 0 Å². The minimum Gasteiger partial charge on any atom is -0.481 e. The number of aliphatic carboxylic acids is 2. The molecule has 2 unspecified atom stereocenters. The summed E-state index contributed by atoms with van der Waals surface area (Å²) in [6, 6.07) is 4.85. The molecule has 0 radical (unpaired) electrons. The van der Waals surface area contributed by atoms with Crippen molar-refractivity contribution in [3.8, 4) is 0 Å². The molecule has 1 aromatic rings. The highest BCUT2D eigenvalue weighted by atomic mass is 16.4. The summed E-state index contributed by atoms with van der Waals surface area (Å²) in [5.41, 5.74) is 0.510. The molecule has 0 bridgehead atoms. The van der Waals surface area contributed by atoms with Crippen LogP contribution in [0.5, 0.6) is 0 Å². The van der Waals surface area contributed by atoms with E-state index in [2.05, 4.69) is 5.32 Å². The van der Waals surface area contributed by atoms with Gasteiger partial charge in [0.1, 0.15) is 5.41 Å². The maximum atomic E-state index is 11.4. The quantitative estimate of drug-likeness (QED) is 0.739. The van der Waals surface area contributed by atoms with E-state index >= 15 is 0 Å². The monoisotopic (exact) mass is 261 g/mol. The van der Waals surface area contributed by atoms with E-state index in [1.54, 1.807) is 18.2 Å². The van der Waals surface area contributed by atoms with Crippen LogP contribution in [0.15, 0.2) is 18.2 Å². The van der Waals surface area contributed by atoms with Gasteiger partial charge in [-0.05, 0) is 23.6 Å². The van der Waals surface area contributed by atoms with Crippen LogP contribution in [0.25, 0.3) is 0 Å². The third-order valence-corrected chi connectivity index (χ3v) is 3.89. The van der Waals surface area contributed by atoms with E-state index < -0.39 is 23.3 Å². The van der Waals surface area contributed by atoms with Crippen LogP contribution in [0.3, 0.4) is 0 Å². The Morgan fingerprint density at radius 2 is 2.05 bits per heavy atom. The minimum absolute atomic E-state index is 0.0951. The number of fused-ring (bicyclic) bond motifs is 1. The van der Waals surface area contributed by atoms with E-state index in [1.165, 1.54) is 0 Å². The van der Waals surface area contributed by atoms with Crippen LogP contribution in [0.2, 0.25) is 0 Å². The number of amides is 1. The fourth-order valence-electron chi connectivity index (χ4n) is 2.75. The number of hydrogen-bond donors (Lipinski definition) is 3. The van der Waals surface area contributed by atoms with Gasteiger partial charge in [-0.25, -0.2) is 0 Å². The highest BCUT2D eigenvalue weighted by Crippen LogP contribution is 2.55. The van der Waals surface area contributed by atoms with Crippen molar-refractivity contribution >= 4 is 23.5 Å². The number of nitrogens with one attached hydrogen (secondary N) is 1. The zero-order valence-electron chi connectivity index (χ0n) is 9.84. The molecule has 0 aromatic heterocycles. The normalized spacial score (nSPS) is 27.6. The Hall–Kier alpha value is -2.37. The average molecular weight is 261 g/mol. The van der Waals surface area contributed by atoms with Crippen LogP contribution in [0.4, 0.5) is 5.69 Å². The average Bonchev–Trinajstić information content (AvgIpc) is 2.99. The number of carboxylic acid groups (broad SMARTS) is 2. The molecular weight excluding hydrogens is 250 g/mol. The second kappa shape index (κ2) is 3.57. The predicted molar refractivity (Wildman–Crippen MR) is 63.8 cm³/mol. The number of benzene rings is 1. The van der Waals surface area contributed by atoms with Crippen molar-refractivity contribution in [2.75, 3.05) is 5.32 Å². The molecule has 98 valence electrons. The zero-order valence-corrected chi connectivity index (χ0v) is 9.84. The molecule has 1 aliphatic carbocycles. The Kier molecular flexibility index (Phi) is 2.20. The lowest BCUT2D eigenvalue weighted by atomic mass is 9.91. The largest absolute Gasteiger partial charge is 0.481 e. The minimum atomic E-state index is -1.34. The second-order valence-electron chi connectivity index (χ2n) is 4.97. The Balaban J connectivity index is 2.03. The maximum Gasteiger partial charge on any atom is 0.315 e. The zero-order chi connectivity index (χ0) is 13.8. The topological polar surface area (TPSA) is 104 Å². The maximum absolute atomic E-state index is 11.4. The van der Waals surface area contributed by atoms with Crippen LogP contribution in [0.1, 0.15) is 17.5 Å². The molecule has 3 rings (SSSR count). The number of carbonyl (C=O) groups excluding carboxylic acids is 1. The Bertz CT molecular complexity index is 623. The van der Waals surface area contributed by atoms with E-state index in [9.17, 15) is 19.5 Å². The molecule has 2 atom stereocenters. The summed E-state index contributed by atoms with van der Waals surface area (Å²) in [5.74, 6) is -3.26. The van der Waals surface area contributed by atoms with Gasteiger partial charge in [0.2, 0.25) is 5.91 Å². The SMILES string of the molecule is O=C1Cc2cc(C3(C(=O)O)CC3C(=O)O)ccc2N1. The number of rotatable bonds is 3. The van der Waals surface area contributed by atoms with Crippen LogP contribution >= 0.6 is 0 Å². The van der Waals surface area contributed by atoms with Crippen LogP contribution < -0.4 is 5.32 Å². The number of carboxylic acids is 2. The van der Waals surface area contributed by atoms with E-state index in [-0.39, 0.29) is 18.7 Å². The summed E-state index contributed by atoms with van der Waals surface area (Å²) in [7, 11) is 0. The van der Waals surface area contributed by atoms with Gasteiger partial charge >= 0.3 is 11.9 Å². The molecule has 6 heteroatoms. The van der Waals surface area contributed by atoms with Gasteiger partial charge in [-0.3, -0.25) is 14.4 Å². The van der Waals surface area contributed by atoms with Crippen LogP contribution in [0, 0.1) is 5.92 Å². The van der Waals surface area contributed by atoms with Gasteiger partial charge in [0.05, 0.1) is 12.3 Å². The Morgan fingerprint density at radius 1 is 1.32 bits per heavy atom. The van der Waals surface area contributed by atoms with Gasteiger partial charge in [0.25, 0.3) is 0 Å². The second-order valence-corrected chi connectivity index (χ2v) is 4.97. The molecule has 0 saturated heterocycles. The van der Waals surface area contributed by atoms with Crippen LogP contribution in [-0.4, -0.2) is 28.1 Å². The van der Waals surface area contributed by atoms with E-state index in [1.807, 2.05) is 0 Å². The fourth-order valence-corrected chi connectivity index (χ4v) is 2.75. The Labute approximate surface area is 108 Å². The number of anilines is 1. The summed E-state index contributed by atoms with van der Waals surface area (Å²) < 4.78 is 0. The van der Waals surface area contributed by atoms with Crippen molar-refractivity contribution in [3.05, 3.63) is 29.3 Å². The smallest absolute Gasteiger partial charge is 0.315 e. The highest BCUT2D eigenvalue weighted by molar-refractivity contribution is 6.00. The molecule has 1 amide bonds. The lowest BCUT2D eigenvalue weighted by Crippen LogP contribution is -2.25. The van der Waals surface area contributed by atoms with Gasteiger partial charge in [-0.1, -0.05) is 12.1 Å². The molecule has 1 aliphatic heterocycles. The summed E-state index contributed by atoms with van der Waals surface area (Å²) in [6.07, 6.45) is 0.300. The first-order valence-electron chi connectivity index (χ1n) is 5.84. The lowest BCUT2D eigenvalue weighted by Gasteiger charge is -2.12. The highest BCUT2D eigenvalue weighted by Gasteiger charge is 2.65. The molecule has 2 aliphatic rings. The van der Waals surface area contributed by atoms with E-state index in [0.717, 1.165) is 5.56 Å². The van der Waals surface area contributed by atoms with Gasteiger partial charge in [-0.2, -0.15) is 0 Å². The standard InChI is InChI=1S/C13H11NO5/c15-10-4-6-3-7(1-2-9(6)14-10)13(12(18)19)5-8(13)11(16)17/h1-3,8H,4-5H2,(H,14,15)(H,16,17)(H,18,19). The number of carbonyl (C=O) groups is 3. The van der Waals surface area contributed by atoms with E-state index in [4.69, 9.17) is 5.11 Å².